The fourth-order valence-corrected chi connectivity index (χ4v) is 0.852. The summed E-state index contributed by atoms with van der Waals surface area (Å²) in [6.07, 6.45) is 0.150. The molecule has 0 aromatic carbocycles. The molecule has 2 nitrogen and oxygen atoms in total. The molecule has 0 bridgehead atoms. The molecule has 0 spiro atoms. The van der Waals surface area contributed by atoms with Crippen LogP contribution in [0, 0.1) is 0 Å². The lowest BCUT2D eigenvalue weighted by Gasteiger charge is -2.05. The van der Waals surface area contributed by atoms with Crippen LogP contribution in [0.3, 0.4) is 0 Å². The Morgan fingerprint density at radius 2 is 1.67 bits per heavy atom. The predicted molar refractivity (Wildman–Crippen MR) is 28.8 cm³/mol. The highest BCUT2D eigenvalue weighted by atomic mass is 19.1. The Kier molecular flexibility index (Phi) is 1.15. The number of carbonyl (C=O) groups is 2. The summed E-state index contributed by atoms with van der Waals surface area (Å²) in [4.78, 5) is 21.0. The molecule has 1 fully saturated rings. The highest BCUT2D eigenvalue weighted by Gasteiger charge is 2.45. The van der Waals surface area contributed by atoms with Gasteiger partial charge in [-0.15, -0.1) is 0 Å². The van der Waals surface area contributed by atoms with Crippen molar-refractivity contribution < 1.29 is 14.0 Å². The van der Waals surface area contributed by atoms with Gasteiger partial charge in [-0.2, -0.15) is 0 Å². The Bertz CT molecular complexity index is 154. The van der Waals surface area contributed by atoms with Gasteiger partial charge in [-0.3, -0.25) is 9.59 Å². The number of ketones is 2. The van der Waals surface area contributed by atoms with Crippen LogP contribution >= 0.6 is 0 Å². The van der Waals surface area contributed by atoms with Gasteiger partial charge in [0.2, 0.25) is 5.67 Å². The van der Waals surface area contributed by atoms with E-state index in [1.54, 1.807) is 0 Å². The van der Waals surface area contributed by atoms with Crippen molar-refractivity contribution in [1.82, 2.24) is 0 Å². The second-order valence-electron chi connectivity index (χ2n) is 2.35. The van der Waals surface area contributed by atoms with Crippen LogP contribution in [0.1, 0.15) is 19.8 Å². The average Bonchev–Trinajstić information content (AvgIpc) is 1.96. The number of alkyl halides is 1. The molecule has 0 atom stereocenters. The summed E-state index contributed by atoms with van der Waals surface area (Å²) < 4.78 is 12.7. The maximum absolute atomic E-state index is 12.7. The minimum absolute atomic E-state index is 0.0752. The minimum Gasteiger partial charge on any atom is -0.296 e. The van der Waals surface area contributed by atoms with Gasteiger partial charge in [0, 0.05) is 12.8 Å². The summed E-state index contributed by atoms with van der Waals surface area (Å²) in [6, 6.07) is 0. The molecule has 1 aliphatic rings. The Labute approximate surface area is 52.0 Å². The SMILES string of the molecule is CC1(F)C(=O)CCC1=O. The molecule has 1 saturated carbocycles. The Morgan fingerprint density at radius 1 is 1.33 bits per heavy atom. The lowest BCUT2D eigenvalue weighted by atomic mass is 10.1. The molecule has 1 aliphatic carbocycles. The van der Waals surface area contributed by atoms with Crippen molar-refractivity contribution in [2.45, 2.75) is 25.4 Å². The highest BCUT2D eigenvalue weighted by molar-refractivity contribution is 6.15. The Morgan fingerprint density at radius 3 is 1.78 bits per heavy atom. The van der Waals surface area contributed by atoms with Gasteiger partial charge in [0.1, 0.15) is 0 Å². The van der Waals surface area contributed by atoms with E-state index in [4.69, 9.17) is 0 Å². The molecule has 0 aromatic rings. The molecule has 0 saturated heterocycles. The topological polar surface area (TPSA) is 34.1 Å². The third-order valence-electron chi connectivity index (χ3n) is 1.63. The molecule has 0 unspecified atom stereocenters. The number of hydrogen-bond donors (Lipinski definition) is 0. The van der Waals surface area contributed by atoms with Crippen molar-refractivity contribution in [3.8, 4) is 0 Å². The fraction of sp³-hybridized carbons (Fsp3) is 0.667. The van der Waals surface area contributed by atoms with E-state index in [9.17, 15) is 14.0 Å². The zero-order valence-corrected chi connectivity index (χ0v) is 5.11. The largest absolute Gasteiger partial charge is 0.296 e. The van der Waals surface area contributed by atoms with E-state index >= 15 is 0 Å². The first-order valence-electron chi connectivity index (χ1n) is 2.80. The molecule has 1 rings (SSSR count). The Hall–Kier alpha value is -0.730. The average molecular weight is 130 g/mol. The van der Waals surface area contributed by atoms with Crippen LogP contribution < -0.4 is 0 Å². The highest BCUT2D eigenvalue weighted by Crippen LogP contribution is 2.25. The first-order chi connectivity index (χ1) is 4.05. The zero-order chi connectivity index (χ0) is 7.07. The summed E-state index contributed by atoms with van der Waals surface area (Å²) >= 11 is 0. The lowest BCUT2D eigenvalue weighted by Crippen LogP contribution is -2.31. The van der Waals surface area contributed by atoms with E-state index in [0.717, 1.165) is 6.92 Å². The molecule has 0 N–H and O–H groups in total. The third-order valence-corrected chi connectivity index (χ3v) is 1.63. The van der Waals surface area contributed by atoms with Crippen LogP contribution in [0.2, 0.25) is 0 Å². The summed E-state index contributed by atoms with van der Waals surface area (Å²) in [5, 5.41) is 0. The standard InChI is InChI=1S/C6H7FO2/c1-6(7)4(8)2-3-5(6)9/h2-3H2,1H3. The molecule has 3 heteroatoms. The zero-order valence-electron chi connectivity index (χ0n) is 5.11. The second-order valence-corrected chi connectivity index (χ2v) is 2.35. The second kappa shape index (κ2) is 1.62. The van der Waals surface area contributed by atoms with Crippen LogP contribution in [0.5, 0.6) is 0 Å². The van der Waals surface area contributed by atoms with Crippen molar-refractivity contribution >= 4 is 11.6 Å². The van der Waals surface area contributed by atoms with Crippen molar-refractivity contribution in [2.24, 2.45) is 0 Å². The van der Waals surface area contributed by atoms with Gasteiger partial charge >= 0.3 is 0 Å². The lowest BCUT2D eigenvalue weighted by molar-refractivity contribution is -0.135. The minimum atomic E-state index is -2.17. The number of Topliss-reactive ketones (excluding diaryl/α,β-unsaturated/α-hetero) is 2. The third kappa shape index (κ3) is 0.763. The number of carbonyl (C=O) groups excluding carboxylic acids is 2. The fourth-order valence-electron chi connectivity index (χ4n) is 0.852. The maximum Gasteiger partial charge on any atom is 0.223 e. The quantitative estimate of drug-likeness (QED) is 0.451. The Balaban J connectivity index is 2.91. The maximum atomic E-state index is 12.7. The number of hydrogen-bond acceptors (Lipinski definition) is 2. The van der Waals surface area contributed by atoms with Crippen molar-refractivity contribution in [3.63, 3.8) is 0 Å². The molecule has 0 aliphatic heterocycles. The van der Waals surface area contributed by atoms with Crippen LogP contribution in [0.25, 0.3) is 0 Å². The molecule has 9 heavy (non-hydrogen) atoms. The molecular weight excluding hydrogens is 123 g/mol. The molecule has 0 radical (unpaired) electrons. The van der Waals surface area contributed by atoms with E-state index in [0.29, 0.717) is 0 Å². The molecule has 0 aromatic heterocycles. The van der Waals surface area contributed by atoms with Crippen LogP contribution in [-0.4, -0.2) is 17.2 Å². The molecule has 0 heterocycles. The number of halogens is 1. The van der Waals surface area contributed by atoms with Gasteiger partial charge in [-0.1, -0.05) is 0 Å². The molecular formula is C6H7FO2. The first kappa shape index (κ1) is 6.39. The smallest absolute Gasteiger partial charge is 0.223 e. The summed E-state index contributed by atoms with van der Waals surface area (Å²) in [7, 11) is 0. The van der Waals surface area contributed by atoms with Crippen molar-refractivity contribution in [3.05, 3.63) is 0 Å². The van der Waals surface area contributed by atoms with Gasteiger partial charge in [0.15, 0.2) is 11.6 Å². The van der Waals surface area contributed by atoms with Crippen LogP contribution in [0.15, 0.2) is 0 Å². The summed E-state index contributed by atoms with van der Waals surface area (Å²) in [5.74, 6) is -1.15. The van der Waals surface area contributed by atoms with Gasteiger partial charge in [-0.05, 0) is 6.92 Å². The molecule has 50 valence electrons. The van der Waals surface area contributed by atoms with Gasteiger partial charge in [0.25, 0.3) is 0 Å². The van der Waals surface area contributed by atoms with Gasteiger partial charge in [-0.25, -0.2) is 4.39 Å². The van der Waals surface area contributed by atoms with Gasteiger partial charge < -0.3 is 0 Å². The number of rotatable bonds is 0. The molecule has 0 amide bonds. The van der Waals surface area contributed by atoms with E-state index in [1.165, 1.54) is 0 Å². The monoisotopic (exact) mass is 130 g/mol. The first-order valence-corrected chi connectivity index (χ1v) is 2.80. The van der Waals surface area contributed by atoms with E-state index in [1.807, 2.05) is 0 Å². The van der Waals surface area contributed by atoms with E-state index in [2.05, 4.69) is 0 Å². The normalized spacial score (nSPS) is 25.1. The van der Waals surface area contributed by atoms with Crippen molar-refractivity contribution in [1.29, 1.82) is 0 Å². The van der Waals surface area contributed by atoms with Gasteiger partial charge in [0.05, 0.1) is 0 Å². The van der Waals surface area contributed by atoms with Crippen LogP contribution in [0.4, 0.5) is 4.39 Å². The predicted octanol–water partition coefficient (Wildman–Crippen LogP) is 0.647. The van der Waals surface area contributed by atoms with Crippen molar-refractivity contribution in [2.75, 3.05) is 0 Å². The van der Waals surface area contributed by atoms with E-state index in [-0.39, 0.29) is 12.8 Å². The van der Waals surface area contributed by atoms with E-state index < -0.39 is 17.2 Å². The van der Waals surface area contributed by atoms with Crippen LogP contribution in [-0.2, 0) is 9.59 Å². The summed E-state index contributed by atoms with van der Waals surface area (Å²) in [5.41, 5.74) is -2.17. The summed E-state index contributed by atoms with van der Waals surface area (Å²) in [6.45, 7) is 1.03.